The number of nitrogens with one attached hydrogen (secondary N) is 3. The molecule has 0 unspecified atom stereocenters. The fraction of sp³-hybridized carbons (Fsp3) is 0.111. The highest BCUT2D eigenvalue weighted by Gasteiger charge is 2.10. The molecule has 4 rings (SSSR count). The average Bonchev–Trinajstić information content (AvgIpc) is 3.05. The standard InChI is InChI=1S/C18H16FN5/c1-11-8-12(2-4-15(11)19)18-20-7-6-17(23-18)22-14-3-5-16-13(9-14)10-21-24-16/h2-9,21,24H,10H2,1H3,(H,20,22,23). The molecule has 0 bridgehead atoms. The number of nitrogens with zero attached hydrogens (tertiary/aromatic N) is 2. The number of fused-ring (bicyclic) bond motifs is 1. The van der Waals surface area contributed by atoms with Gasteiger partial charge in [-0.05, 0) is 60.5 Å². The van der Waals surface area contributed by atoms with Crippen molar-refractivity contribution in [3.8, 4) is 11.4 Å². The van der Waals surface area contributed by atoms with E-state index >= 15 is 0 Å². The minimum absolute atomic E-state index is 0.228. The lowest BCUT2D eigenvalue weighted by Crippen LogP contribution is -2.10. The normalized spacial score (nSPS) is 12.6. The lowest BCUT2D eigenvalue weighted by Gasteiger charge is -2.09. The lowest BCUT2D eigenvalue weighted by molar-refractivity contribution is 0.618. The summed E-state index contributed by atoms with van der Waals surface area (Å²) in [7, 11) is 0. The first-order valence-corrected chi connectivity index (χ1v) is 7.67. The fourth-order valence-electron chi connectivity index (χ4n) is 2.67. The SMILES string of the molecule is Cc1cc(-c2nccc(Nc3ccc4c(c3)CNN4)n2)ccc1F. The van der Waals surface area contributed by atoms with E-state index < -0.39 is 0 Å². The van der Waals surface area contributed by atoms with Crippen LogP contribution in [0.25, 0.3) is 11.4 Å². The number of hydrazine groups is 1. The molecule has 1 aliphatic rings. The number of aromatic nitrogens is 2. The van der Waals surface area contributed by atoms with Crippen molar-refractivity contribution < 1.29 is 4.39 Å². The number of hydrogen-bond donors (Lipinski definition) is 3. The summed E-state index contributed by atoms with van der Waals surface area (Å²) in [5.74, 6) is 1.03. The summed E-state index contributed by atoms with van der Waals surface area (Å²) in [5, 5.41) is 3.29. The fourth-order valence-corrected chi connectivity index (χ4v) is 2.67. The lowest BCUT2D eigenvalue weighted by atomic mass is 10.1. The van der Waals surface area contributed by atoms with Gasteiger partial charge in [0.05, 0.1) is 5.69 Å². The molecule has 0 spiro atoms. The smallest absolute Gasteiger partial charge is 0.161 e. The number of aryl methyl sites for hydroxylation is 1. The summed E-state index contributed by atoms with van der Waals surface area (Å²) in [6, 6.07) is 12.8. The van der Waals surface area contributed by atoms with Gasteiger partial charge in [-0.2, -0.15) is 0 Å². The van der Waals surface area contributed by atoms with Gasteiger partial charge in [0, 0.05) is 24.0 Å². The predicted octanol–water partition coefficient (Wildman–Crippen LogP) is 3.76. The van der Waals surface area contributed by atoms with Crippen LogP contribution in [0.5, 0.6) is 0 Å². The van der Waals surface area contributed by atoms with Gasteiger partial charge in [0.25, 0.3) is 0 Å². The first-order chi connectivity index (χ1) is 11.7. The van der Waals surface area contributed by atoms with E-state index in [9.17, 15) is 4.39 Å². The summed E-state index contributed by atoms with van der Waals surface area (Å²) in [6.07, 6.45) is 1.69. The van der Waals surface area contributed by atoms with Gasteiger partial charge < -0.3 is 10.7 Å². The van der Waals surface area contributed by atoms with Gasteiger partial charge in [-0.3, -0.25) is 0 Å². The maximum Gasteiger partial charge on any atom is 0.161 e. The zero-order valence-corrected chi connectivity index (χ0v) is 13.1. The molecular formula is C18H16FN5. The van der Waals surface area contributed by atoms with Crippen LogP contribution in [0.2, 0.25) is 0 Å². The largest absolute Gasteiger partial charge is 0.340 e. The van der Waals surface area contributed by atoms with Gasteiger partial charge in [-0.15, -0.1) is 0 Å². The van der Waals surface area contributed by atoms with E-state index in [1.807, 2.05) is 18.2 Å². The minimum Gasteiger partial charge on any atom is -0.340 e. The first-order valence-electron chi connectivity index (χ1n) is 7.67. The van der Waals surface area contributed by atoms with E-state index in [1.54, 1.807) is 25.3 Å². The third kappa shape index (κ3) is 2.79. The molecule has 0 radical (unpaired) electrons. The Morgan fingerprint density at radius 1 is 1.12 bits per heavy atom. The summed E-state index contributed by atoms with van der Waals surface area (Å²) in [5.41, 5.74) is 10.8. The van der Waals surface area contributed by atoms with Crippen LogP contribution in [-0.2, 0) is 6.54 Å². The Bertz CT molecular complexity index is 910. The molecule has 0 fully saturated rings. The van der Waals surface area contributed by atoms with Crippen molar-refractivity contribution in [2.75, 3.05) is 10.7 Å². The molecule has 3 N–H and O–H groups in total. The monoisotopic (exact) mass is 321 g/mol. The zero-order valence-electron chi connectivity index (χ0n) is 13.1. The zero-order chi connectivity index (χ0) is 16.5. The predicted molar refractivity (Wildman–Crippen MR) is 92.4 cm³/mol. The van der Waals surface area contributed by atoms with Gasteiger partial charge in [-0.25, -0.2) is 19.8 Å². The molecule has 0 aliphatic carbocycles. The van der Waals surface area contributed by atoms with Crippen molar-refractivity contribution in [3.63, 3.8) is 0 Å². The second-order valence-electron chi connectivity index (χ2n) is 5.70. The van der Waals surface area contributed by atoms with Crippen LogP contribution in [-0.4, -0.2) is 9.97 Å². The highest BCUT2D eigenvalue weighted by molar-refractivity contribution is 5.66. The van der Waals surface area contributed by atoms with Gasteiger partial charge >= 0.3 is 0 Å². The summed E-state index contributed by atoms with van der Waals surface area (Å²) in [6.45, 7) is 2.52. The summed E-state index contributed by atoms with van der Waals surface area (Å²) >= 11 is 0. The minimum atomic E-state index is -0.228. The van der Waals surface area contributed by atoms with Crippen LogP contribution >= 0.6 is 0 Å². The number of rotatable bonds is 3. The molecule has 0 atom stereocenters. The van der Waals surface area contributed by atoms with Crippen molar-refractivity contribution in [2.24, 2.45) is 0 Å². The van der Waals surface area contributed by atoms with Crippen molar-refractivity contribution >= 4 is 17.2 Å². The van der Waals surface area contributed by atoms with Crippen molar-refractivity contribution in [1.82, 2.24) is 15.4 Å². The average molecular weight is 321 g/mol. The molecule has 2 heterocycles. The third-order valence-corrected chi connectivity index (χ3v) is 3.95. The number of halogens is 1. The van der Waals surface area contributed by atoms with E-state index in [2.05, 4.69) is 32.2 Å². The van der Waals surface area contributed by atoms with Gasteiger partial charge in [0.1, 0.15) is 11.6 Å². The van der Waals surface area contributed by atoms with E-state index in [-0.39, 0.29) is 5.82 Å². The molecule has 0 saturated carbocycles. The van der Waals surface area contributed by atoms with Gasteiger partial charge in [0.15, 0.2) is 5.82 Å². The van der Waals surface area contributed by atoms with E-state index in [0.29, 0.717) is 17.2 Å². The van der Waals surface area contributed by atoms with Gasteiger partial charge in [-0.1, -0.05) is 0 Å². The third-order valence-electron chi connectivity index (χ3n) is 3.95. The second-order valence-corrected chi connectivity index (χ2v) is 5.70. The Morgan fingerprint density at radius 2 is 2.04 bits per heavy atom. The summed E-state index contributed by atoms with van der Waals surface area (Å²) in [4.78, 5) is 8.81. The Morgan fingerprint density at radius 3 is 2.92 bits per heavy atom. The van der Waals surface area contributed by atoms with E-state index in [1.165, 1.54) is 11.6 Å². The maximum absolute atomic E-state index is 13.4. The van der Waals surface area contributed by atoms with Crippen LogP contribution in [0.4, 0.5) is 21.6 Å². The Balaban J connectivity index is 1.61. The first kappa shape index (κ1) is 14.6. The van der Waals surface area contributed by atoms with Crippen LogP contribution < -0.4 is 16.2 Å². The number of anilines is 3. The maximum atomic E-state index is 13.4. The molecule has 0 amide bonds. The van der Waals surface area contributed by atoms with Gasteiger partial charge in [0.2, 0.25) is 0 Å². The van der Waals surface area contributed by atoms with Crippen molar-refractivity contribution in [2.45, 2.75) is 13.5 Å². The molecule has 5 nitrogen and oxygen atoms in total. The Hall–Kier alpha value is -2.99. The van der Waals surface area contributed by atoms with Crippen LogP contribution in [0.15, 0.2) is 48.7 Å². The quantitative estimate of drug-likeness (QED) is 0.685. The van der Waals surface area contributed by atoms with Crippen LogP contribution in [0, 0.1) is 12.7 Å². The molecule has 1 aromatic heterocycles. The van der Waals surface area contributed by atoms with Crippen LogP contribution in [0.1, 0.15) is 11.1 Å². The number of benzene rings is 2. The Labute approximate surface area is 138 Å². The van der Waals surface area contributed by atoms with Crippen molar-refractivity contribution in [1.29, 1.82) is 0 Å². The van der Waals surface area contributed by atoms with E-state index in [0.717, 1.165) is 23.5 Å². The van der Waals surface area contributed by atoms with E-state index in [4.69, 9.17) is 0 Å². The molecule has 2 aromatic carbocycles. The van der Waals surface area contributed by atoms with Crippen LogP contribution in [0.3, 0.4) is 0 Å². The highest BCUT2D eigenvalue weighted by atomic mass is 19.1. The highest BCUT2D eigenvalue weighted by Crippen LogP contribution is 2.26. The topological polar surface area (TPSA) is 61.9 Å². The Kier molecular flexibility index (Phi) is 3.59. The molecule has 1 aliphatic heterocycles. The summed E-state index contributed by atoms with van der Waals surface area (Å²) < 4.78 is 13.4. The number of hydrogen-bond acceptors (Lipinski definition) is 5. The molecule has 3 aromatic rings. The second kappa shape index (κ2) is 5.90. The van der Waals surface area contributed by atoms with Crippen molar-refractivity contribution in [3.05, 3.63) is 65.6 Å². The molecule has 24 heavy (non-hydrogen) atoms. The molecule has 6 heteroatoms. The molecular weight excluding hydrogens is 305 g/mol. The molecule has 0 saturated heterocycles. The molecule has 120 valence electrons.